The van der Waals surface area contributed by atoms with Crippen molar-refractivity contribution in [2.24, 2.45) is 5.92 Å². The monoisotopic (exact) mass is 631 g/mol. The molecule has 0 aliphatic heterocycles. The summed E-state index contributed by atoms with van der Waals surface area (Å²) in [5, 5.41) is 3.43. The number of rotatable bonds is 13. The van der Waals surface area contributed by atoms with E-state index in [1.165, 1.54) is 17.0 Å². The molecule has 1 N–H and O–H groups in total. The molecule has 0 bridgehead atoms. The van der Waals surface area contributed by atoms with Crippen LogP contribution in [0.15, 0.2) is 114 Å². The summed E-state index contributed by atoms with van der Waals surface area (Å²) >= 11 is 6.54. The van der Waals surface area contributed by atoms with Gasteiger partial charge in [0.15, 0.2) is 0 Å². The molecule has 230 valence electrons. The first kappa shape index (κ1) is 32.8. The summed E-state index contributed by atoms with van der Waals surface area (Å²) in [5.41, 5.74) is 2.75. The minimum absolute atomic E-state index is 0.0122. The number of halogens is 1. The van der Waals surface area contributed by atoms with E-state index in [-0.39, 0.29) is 29.7 Å². The summed E-state index contributed by atoms with van der Waals surface area (Å²) in [4.78, 5) is 29.8. The SMILES string of the molecule is Cc1ccc(S(=O)(=O)N(CC(=O)N(Cc2ccccc2Cl)[C@@H](Cc2ccccc2)C(=O)NCC(C)C)c2ccccc2)cc1. The van der Waals surface area contributed by atoms with Gasteiger partial charge in [-0.25, -0.2) is 8.42 Å². The van der Waals surface area contributed by atoms with Crippen LogP contribution in [0.4, 0.5) is 5.69 Å². The molecule has 0 saturated carbocycles. The molecule has 2 amide bonds. The van der Waals surface area contributed by atoms with Crippen LogP contribution >= 0.6 is 11.6 Å². The van der Waals surface area contributed by atoms with Gasteiger partial charge >= 0.3 is 0 Å². The van der Waals surface area contributed by atoms with Gasteiger partial charge in [0.1, 0.15) is 12.6 Å². The molecule has 4 rings (SSSR count). The highest BCUT2D eigenvalue weighted by Gasteiger charge is 2.34. The maximum Gasteiger partial charge on any atom is 0.264 e. The van der Waals surface area contributed by atoms with Crippen molar-refractivity contribution in [2.75, 3.05) is 17.4 Å². The third-order valence-electron chi connectivity index (χ3n) is 7.19. The Balaban J connectivity index is 1.79. The van der Waals surface area contributed by atoms with Gasteiger partial charge in [-0.05, 0) is 54.3 Å². The van der Waals surface area contributed by atoms with E-state index in [1.54, 1.807) is 60.7 Å². The van der Waals surface area contributed by atoms with Crippen LogP contribution in [0.2, 0.25) is 5.02 Å². The second-order valence-corrected chi connectivity index (χ2v) is 13.4. The van der Waals surface area contributed by atoms with Gasteiger partial charge in [-0.2, -0.15) is 0 Å². The lowest BCUT2D eigenvalue weighted by Crippen LogP contribution is -2.53. The predicted molar refractivity (Wildman–Crippen MR) is 176 cm³/mol. The van der Waals surface area contributed by atoms with Crippen LogP contribution in [0.1, 0.15) is 30.5 Å². The summed E-state index contributed by atoms with van der Waals surface area (Å²) in [6, 6.07) is 30.7. The highest BCUT2D eigenvalue weighted by atomic mass is 35.5. The van der Waals surface area contributed by atoms with Crippen molar-refractivity contribution in [3.63, 3.8) is 0 Å². The molecule has 0 aliphatic carbocycles. The van der Waals surface area contributed by atoms with E-state index in [9.17, 15) is 18.0 Å². The summed E-state index contributed by atoms with van der Waals surface area (Å²) in [7, 11) is -4.15. The van der Waals surface area contributed by atoms with Crippen molar-refractivity contribution >= 4 is 39.1 Å². The molecule has 0 spiro atoms. The molecule has 0 radical (unpaired) electrons. The zero-order valence-corrected chi connectivity index (χ0v) is 26.8. The molecule has 9 heteroatoms. The maximum atomic E-state index is 14.4. The molecule has 7 nitrogen and oxygen atoms in total. The zero-order chi connectivity index (χ0) is 31.7. The van der Waals surface area contributed by atoms with Crippen LogP contribution < -0.4 is 9.62 Å². The number of anilines is 1. The molecule has 1 atom stereocenters. The number of hydrogen-bond donors (Lipinski definition) is 1. The lowest BCUT2D eigenvalue weighted by molar-refractivity contribution is -0.140. The van der Waals surface area contributed by atoms with Crippen LogP contribution in [0.25, 0.3) is 0 Å². The van der Waals surface area contributed by atoms with Gasteiger partial charge in [0, 0.05) is 24.5 Å². The zero-order valence-electron chi connectivity index (χ0n) is 25.2. The molecule has 4 aromatic carbocycles. The van der Waals surface area contributed by atoms with Crippen LogP contribution in [0.5, 0.6) is 0 Å². The van der Waals surface area contributed by atoms with Crippen LogP contribution in [-0.2, 0) is 32.6 Å². The number of benzene rings is 4. The largest absolute Gasteiger partial charge is 0.354 e. The topological polar surface area (TPSA) is 86.8 Å². The summed E-state index contributed by atoms with van der Waals surface area (Å²) < 4.78 is 29.2. The Morgan fingerprint density at radius 3 is 2.02 bits per heavy atom. The number of aryl methyl sites for hydroxylation is 1. The molecule has 0 heterocycles. The second kappa shape index (κ2) is 15.0. The fourth-order valence-corrected chi connectivity index (χ4v) is 6.36. The average molecular weight is 632 g/mol. The van der Waals surface area contributed by atoms with Crippen molar-refractivity contribution in [3.05, 3.63) is 131 Å². The Hall–Kier alpha value is -4.14. The Morgan fingerprint density at radius 1 is 0.818 bits per heavy atom. The van der Waals surface area contributed by atoms with Gasteiger partial charge in [-0.15, -0.1) is 0 Å². The number of sulfonamides is 1. The number of nitrogens with zero attached hydrogens (tertiary/aromatic N) is 2. The fourth-order valence-electron chi connectivity index (χ4n) is 4.75. The van der Waals surface area contributed by atoms with Crippen LogP contribution in [0.3, 0.4) is 0 Å². The number of hydrogen-bond acceptors (Lipinski definition) is 4. The molecule has 0 unspecified atom stereocenters. The minimum atomic E-state index is -4.15. The van der Waals surface area contributed by atoms with Gasteiger partial charge < -0.3 is 10.2 Å². The highest BCUT2D eigenvalue weighted by molar-refractivity contribution is 7.92. The number of carbonyl (C=O) groups excluding carboxylic acids is 2. The lowest BCUT2D eigenvalue weighted by Gasteiger charge is -2.34. The molecule has 0 saturated heterocycles. The summed E-state index contributed by atoms with van der Waals surface area (Å²) in [6.45, 7) is 5.78. The molecule has 4 aromatic rings. The smallest absolute Gasteiger partial charge is 0.264 e. The Bertz CT molecular complexity index is 1650. The van der Waals surface area contributed by atoms with Crippen molar-refractivity contribution in [3.8, 4) is 0 Å². The average Bonchev–Trinajstić information content (AvgIpc) is 3.02. The van der Waals surface area contributed by atoms with E-state index >= 15 is 0 Å². The number of amides is 2. The maximum absolute atomic E-state index is 14.4. The number of nitrogens with one attached hydrogen (secondary N) is 1. The molecule has 44 heavy (non-hydrogen) atoms. The minimum Gasteiger partial charge on any atom is -0.354 e. The predicted octanol–water partition coefficient (Wildman–Crippen LogP) is 6.26. The number of para-hydroxylation sites is 1. The van der Waals surface area contributed by atoms with Gasteiger partial charge in [0.2, 0.25) is 11.8 Å². The van der Waals surface area contributed by atoms with E-state index < -0.39 is 28.5 Å². The van der Waals surface area contributed by atoms with Crippen molar-refractivity contribution < 1.29 is 18.0 Å². The van der Waals surface area contributed by atoms with Crippen LogP contribution in [-0.4, -0.2) is 44.3 Å². The summed E-state index contributed by atoms with van der Waals surface area (Å²) in [5.74, 6) is -0.669. The van der Waals surface area contributed by atoms with E-state index in [0.717, 1.165) is 15.4 Å². The Morgan fingerprint density at radius 2 is 1.41 bits per heavy atom. The van der Waals surface area contributed by atoms with Crippen molar-refractivity contribution in [1.29, 1.82) is 0 Å². The first-order chi connectivity index (χ1) is 21.1. The molecule has 0 aromatic heterocycles. The third kappa shape index (κ3) is 8.49. The van der Waals surface area contributed by atoms with Gasteiger partial charge in [0.05, 0.1) is 10.6 Å². The van der Waals surface area contributed by atoms with E-state index in [2.05, 4.69) is 5.32 Å². The van der Waals surface area contributed by atoms with E-state index in [0.29, 0.717) is 22.8 Å². The van der Waals surface area contributed by atoms with Gasteiger partial charge in [0.25, 0.3) is 10.0 Å². The van der Waals surface area contributed by atoms with E-state index in [4.69, 9.17) is 11.6 Å². The molecule has 0 aliphatic rings. The second-order valence-electron chi connectivity index (χ2n) is 11.1. The first-order valence-electron chi connectivity index (χ1n) is 14.5. The quantitative estimate of drug-likeness (QED) is 0.189. The Kier molecular flexibility index (Phi) is 11.2. The number of carbonyl (C=O) groups is 2. The van der Waals surface area contributed by atoms with E-state index in [1.807, 2.05) is 57.2 Å². The highest BCUT2D eigenvalue weighted by Crippen LogP contribution is 2.26. The first-order valence-corrected chi connectivity index (χ1v) is 16.4. The third-order valence-corrected chi connectivity index (χ3v) is 9.34. The van der Waals surface area contributed by atoms with Crippen molar-refractivity contribution in [1.82, 2.24) is 10.2 Å². The normalized spacial score (nSPS) is 12.0. The van der Waals surface area contributed by atoms with Gasteiger partial charge in [-0.3, -0.25) is 13.9 Å². The van der Waals surface area contributed by atoms with Crippen molar-refractivity contribution in [2.45, 2.75) is 44.7 Å². The fraction of sp³-hybridized carbons (Fsp3) is 0.257. The lowest BCUT2D eigenvalue weighted by atomic mass is 10.0. The molecular weight excluding hydrogens is 594 g/mol. The standard InChI is InChI=1S/C35H38ClN3O4S/c1-26(2)23-37-35(41)33(22-28-12-6-4-7-13-28)38(24-29-14-10-11-17-32(29)36)34(40)25-39(30-15-8-5-9-16-30)44(42,43)31-20-18-27(3)19-21-31/h4-21,26,33H,22-25H2,1-3H3,(H,37,41)/t33-/m0/s1. The summed E-state index contributed by atoms with van der Waals surface area (Å²) in [6.07, 6.45) is 0.233. The van der Waals surface area contributed by atoms with Gasteiger partial charge in [-0.1, -0.05) is 110 Å². The van der Waals surface area contributed by atoms with Crippen LogP contribution in [0, 0.1) is 12.8 Å². The molecule has 0 fully saturated rings. The Labute approximate surface area is 265 Å². The molecular formula is C35H38ClN3O4S.